The zero-order chi connectivity index (χ0) is 35.6. The largest absolute Gasteiger partial charge is 0.344 e. The minimum Gasteiger partial charge on any atom is -0.344 e. The topological polar surface area (TPSA) is 81.8 Å². The summed E-state index contributed by atoms with van der Waals surface area (Å²) < 4.78 is 0. The molecule has 0 saturated carbocycles. The molecule has 0 spiro atoms. The van der Waals surface area contributed by atoms with Crippen molar-refractivity contribution in [3.63, 3.8) is 0 Å². The lowest BCUT2D eigenvalue weighted by atomic mass is 10.1. The Bertz CT molecular complexity index is 1140. The Labute approximate surface area is 302 Å². The van der Waals surface area contributed by atoms with Crippen LogP contribution in [0, 0.1) is 0 Å². The van der Waals surface area contributed by atoms with E-state index in [0.717, 1.165) is 142 Å². The molecule has 14 nitrogen and oxygen atoms in total. The lowest BCUT2D eigenvalue weighted by Gasteiger charge is -2.24. The van der Waals surface area contributed by atoms with Crippen LogP contribution in [0.3, 0.4) is 0 Å². The van der Waals surface area contributed by atoms with E-state index in [1.165, 1.54) is 11.1 Å². The highest BCUT2D eigenvalue weighted by molar-refractivity contribution is 5.82. The Kier molecular flexibility index (Phi) is 13.4. The van der Waals surface area contributed by atoms with E-state index in [1.54, 1.807) is 0 Å². The highest BCUT2D eigenvalue weighted by Gasteiger charge is 2.22. The highest BCUT2D eigenvalue weighted by Crippen LogP contribution is 2.13. The van der Waals surface area contributed by atoms with Gasteiger partial charge in [-0.1, -0.05) is 24.3 Å². The molecule has 50 heavy (non-hydrogen) atoms. The predicted molar refractivity (Wildman–Crippen MR) is 207 cm³/mol. The number of aliphatic imine (C=N–C) groups is 4. The van der Waals surface area contributed by atoms with E-state index in [4.69, 9.17) is 20.0 Å². The molecule has 0 amide bonds. The number of hydrogen-bond donors (Lipinski definition) is 0. The molecular weight excluding hydrogens is 628 g/mol. The molecular formula is C36H64N14. The van der Waals surface area contributed by atoms with Gasteiger partial charge in [0, 0.05) is 148 Å². The highest BCUT2D eigenvalue weighted by atomic mass is 15.4. The molecule has 278 valence electrons. The smallest absolute Gasteiger partial charge is 0.196 e. The van der Waals surface area contributed by atoms with Gasteiger partial charge in [0.25, 0.3) is 0 Å². The number of benzene rings is 1. The second kappa shape index (κ2) is 17.9. The summed E-state index contributed by atoms with van der Waals surface area (Å²) in [5, 5.41) is 0. The van der Waals surface area contributed by atoms with Gasteiger partial charge in [0.15, 0.2) is 23.8 Å². The summed E-state index contributed by atoms with van der Waals surface area (Å²) >= 11 is 0. The van der Waals surface area contributed by atoms with Gasteiger partial charge in [-0.3, -0.25) is 29.8 Å². The summed E-state index contributed by atoms with van der Waals surface area (Å²) in [5.74, 6) is 4.37. The number of nitrogens with zero attached hydrogens (tertiary/aromatic N) is 14. The SMILES string of the molecule is CN1CCN(C)C1=NCCN(CCN=C1N(C)CCN1C)Cc1cccc(CN(CCN=C2N(C)CCN2C)CCN=C2N(C)CCN2C)c1. The zero-order valence-electron chi connectivity index (χ0n) is 32.3. The molecule has 1 aromatic rings. The van der Waals surface area contributed by atoms with E-state index in [-0.39, 0.29) is 0 Å². The Morgan fingerprint density at radius 1 is 0.420 bits per heavy atom. The minimum absolute atomic E-state index is 0.771. The molecule has 4 aliphatic heterocycles. The van der Waals surface area contributed by atoms with Crippen molar-refractivity contribution in [1.29, 1.82) is 0 Å². The molecule has 0 radical (unpaired) electrons. The van der Waals surface area contributed by atoms with Gasteiger partial charge in [-0.15, -0.1) is 0 Å². The van der Waals surface area contributed by atoms with Gasteiger partial charge in [0.05, 0.1) is 26.2 Å². The Morgan fingerprint density at radius 3 is 0.900 bits per heavy atom. The number of guanidine groups is 4. The summed E-state index contributed by atoms with van der Waals surface area (Å²) in [6.07, 6.45) is 0. The normalized spacial score (nSPS) is 18.4. The fraction of sp³-hybridized carbons (Fsp3) is 0.722. The van der Waals surface area contributed by atoms with Gasteiger partial charge in [-0.05, 0) is 11.1 Å². The lowest BCUT2D eigenvalue weighted by molar-refractivity contribution is 0.276. The van der Waals surface area contributed by atoms with Crippen molar-refractivity contribution in [3.8, 4) is 0 Å². The molecule has 5 rings (SSSR count). The van der Waals surface area contributed by atoms with Gasteiger partial charge in [0.2, 0.25) is 0 Å². The van der Waals surface area contributed by atoms with Crippen LogP contribution in [-0.2, 0) is 13.1 Å². The third-order valence-corrected chi connectivity index (χ3v) is 10.3. The molecule has 4 fully saturated rings. The van der Waals surface area contributed by atoms with E-state index < -0.39 is 0 Å². The average molecular weight is 693 g/mol. The maximum absolute atomic E-state index is 5.00. The van der Waals surface area contributed by atoms with Gasteiger partial charge < -0.3 is 39.2 Å². The fourth-order valence-electron chi connectivity index (χ4n) is 7.18. The monoisotopic (exact) mass is 693 g/mol. The van der Waals surface area contributed by atoms with Crippen LogP contribution in [0.2, 0.25) is 0 Å². The van der Waals surface area contributed by atoms with Crippen LogP contribution >= 0.6 is 0 Å². The predicted octanol–water partition coefficient (Wildman–Crippen LogP) is 0.223. The molecule has 0 unspecified atom stereocenters. The van der Waals surface area contributed by atoms with Gasteiger partial charge >= 0.3 is 0 Å². The van der Waals surface area contributed by atoms with Crippen molar-refractivity contribution in [2.45, 2.75) is 13.1 Å². The third kappa shape index (κ3) is 10.1. The Hall–Kier alpha value is -3.78. The zero-order valence-corrected chi connectivity index (χ0v) is 32.3. The second-order valence-electron chi connectivity index (χ2n) is 14.5. The molecule has 14 heteroatoms. The number of rotatable bonds is 16. The maximum Gasteiger partial charge on any atom is 0.196 e. The first-order valence-electron chi connectivity index (χ1n) is 18.5. The van der Waals surface area contributed by atoms with E-state index in [1.807, 2.05) is 0 Å². The van der Waals surface area contributed by atoms with Crippen molar-refractivity contribution in [2.75, 3.05) is 161 Å². The van der Waals surface area contributed by atoms with Crippen LogP contribution in [0.1, 0.15) is 11.1 Å². The molecule has 0 atom stereocenters. The van der Waals surface area contributed by atoms with Gasteiger partial charge in [-0.2, -0.15) is 0 Å². The van der Waals surface area contributed by atoms with Crippen LogP contribution in [-0.4, -0.2) is 234 Å². The first-order valence-corrected chi connectivity index (χ1v) is 18.5. The van der Waals surface area contributed by atoms with Crippen LogP contribution in [0.4, 0.5) is 0 Å². The summed E-state index contributed by atoms with van der Waals surface area (Å²) in [4.78, 5) is 43.1. The van der Waals surface area contributed by atoms with Crippen molar-refractivity contribution < 1.29 is 0 Å². The second-order valence-corrected chi connectivity index (χ2v) is 14.5. The maximum atomic E-state index is 5.00. The minimum atomic E-state index is 0.771. The summed E-state index contributed by atoms with van der Waals surface area (Å²) in [5.41, 5.74) is 2.66. The molecule has 0 bridgehead atoms. The quantitative estimate of drug-likeness (QED) is 0.240. The summed E-state index contributed by atoms with van der Waals surface area (Å²) in [6.45, 7) is 16.7. The Morgan fingerprint density at radius 2 is 0.660 bits per heavy atom. The first-order chi connectivity index (χ1) is 24.1. The van der Waals surface area contributed by atoms with Crippen LogP contribution in [0.25, 0.3) is 0 Å². The molecule has 0 aliphatic carbocycles. The average Bonchev–Trinajstić information content (AvgIpc) is 3.80. The van der Waals surface area contributed by atoms with E-state index in [2.05, 4.69) is 130 Å². The summed E-state index contributed by atoms with van der Waals surface area (Å²) in [7, 11) is 17.1. The van der Waals surface area contributed by atoms with Gasteiger partial charge in [0.1, 0.15) is 0 Å². The number of likely N-dealkylation sites (N-methyl/N-ethyl adjacent to an activating group) is 8. The first kappa shape index (κ1) is 37.5. The standard InChI is InChI=1S/C36H64N14/c1-41-20-21-42(2)33(41)37-12-16-49(17-13-38-34-43(3)22-23-44(34)4)29-31-10-9-11-32(28-31)30-50(18-14-39-35-45(5)24-25-46(35)6)19-15-40-36-47(7)26-27-48(36)8/h9-11,28H,12-27,29-30H2,1-8H3. The number of hydrogen-bond acceptors (Lipinski definition) is 6. The van der Waals surface area contributed by atoms with Crippen molar-refractivity contribution >= 4 is 23.8 Å². The molecule has 1 aromatic carbocycles. The molecule has 0 aromatic heterocycles. The van der Waals surface area contributed by atoms with E-state index >= 15 is 0 Å². The van der Waals surface area contributed by atoms with E-state index in [0.29, 0.717) is 0 Å². The molecule has 4 saturated heterocycles. The lowest BCUT2D eigenvalue weighted by Crippen LogP contribution is -2.33. The van der Waals surface area contributed by atoms with Crippen molar-refractivity contribution in [1.82, 2.24) is 49.0 Å². The van der Waals surface area contributed by atoms with Crippen LogP contribution < -0.4 is 0 Å². The van der Waals surface area contributed by atoms with Crippen LogP contribution in [0.5, 0.6) is 0 Å². The Balaban J connectivity index is 1.25. The fourth-order valence-corrected chi connectivity index (χ4v) is 7.18. The van der Waals surface area contributed by atoms with Gasteiger partial charge in [-0.25, -0.2) is 0 Å². The third-order valence-electron chi connectivity index (χ3n) is 10.3. The molecule has 0 N–H and O–H groups in total. The van der Waals surface area contributed by atoms with E-state index in [9.17, 15) is 0 Å². The molecule has 4 aliphatic rings. The molecule has 4 heterocycles. The van der Waals surface area contributed by atoms with Crippen molar-refractivity contribution in [3.05, 3.63) is 35.4 Å². The van der Waals surface area contributed by atoms with Crippen molar-refractivity contribution in [2.24, 2.45) is 20.0 Å². The van der Waals surface area contributed by atoms with Crippen LogP contribution in [0.15, 0.2) is 44.2 Å². The summed E-state index contributed by atoms with van der Waals surface area (Å²) in [6, 6.07) is 9.15.